The number of aryl methyl sites for hydroxylation is 1. The highest BCUT2D eigenvalue weighted by Crippen LogP contribution is 2.35. The van der Waals surface area contributed by atoms with Gasteiger partial charge in [-0.25, -0.2) is 0 Å². The van der Waals surface area contributed by atoms with Gasteiger partial charge in [-0.05, 0) is 66.1 Å². The van der Waals surface area contributed by atoms with E-state index < -0.39 is 0 Å². The van der Waals surface area contributed by atoms with E-state index in [4.69, 9.17) is 0 Å². The Morgan fingerprint density at radius 2 is 2.29 bits per heavy atom. The molecule has 0 amide bonds. The van der Waals surface area contributed by atoms with E-state index in [9.17, 15) is 5.11 Å². The lowest BCUT2D eigenvalue weighted by atomic mass is 10.0. The highest BCUT2D eigenvalue weighted by atomic mass is 127. The van der Waals surface area contributed by atoms with Crippen molar-refractivity contribution in [1.29, 1.82) is 0 Å². The van der Waals surface area contributed by atoms with E-state index in [1.165, 1.54) is 24.0 Å². The van der Waals surface area contributed by atoms with Crippen LogP contribution in [0.5, 0.6) is 5.75 Å². The summed E-state index contributed by atoms with van der Waals surface area (Å²) in [7, 11) is 1.92. The van der Waals surface area contributed by atoms with Crippen molar-refractivity contribution in [2.75, 3.05) is 7.05 Å². The van der Waals surface area contributed by atoms with Crippen molar-refractivity contribution in [2.24, 2.45) is 0 Å². The maximum absolute atomic E-state index is 9.95. The van der Waals surface area contributed by atoms with Crippen LogP contribution >= 0.6 is 22.6 Å². The summed E-state index contributed by atoms with van der Waals surface area (Å²) in [6.07, 6.45) is 3.52. The van der Waals surface area contributed by atoms with Crippen LogP contribution in [0.3, 0.4) is 0 Å². The topological polar surface area (TPSA) is 32.3 Å². The lowest BCUT2D eigenvalue weighted by molar-refractivity contribution is 0.461. The minimum absolute atomic E-state index is 0.473. The zero-order valence-electron chi connectivity index (χ0n) is 8.23. The minimum Gasteiger partial charge on any atom is -0.506 e. The third kappa shape index (κ3) is 1.63. The molecule has 0 saturated heterocycles. The molecule has 0 heterocycles. The molecule has 1 aliphatic rings. The van der Waals surface area contributed by atoms with Gasteiger partial charge in [0, 0.05) is 12.1 Å². The number of phenolic OH excluding ortho intramolecular Hbond substituents is 1. The molecule has 0 spiro atoms. The van der Waals surface area contributed by atoms with Crippen molar-refractivity contribution in [3.63, 3.8) is 0 Å². The summed E-state index contributed by atoms with van der Waals surface area (Å²) in [6.45, 7) is 0.769. The van der Waals surface area contributed by atoms with E-state index in [0.29, 0.717) is 5.75 Å². The van der Waals surface area contributed by atoms with Crippen molar-refractivity contribution in [2.45, 2.75) is 25.8 Å². The Labute approximate surface area is 97.9 Å². The Morgan fingerprint density at radius 3 is 3.00 bits per heavy atom. The van der Waals surface area contributed by atoms with Crippen LogP contribution in [0, 0.1) is 3.57 Å². The van der Waals surface area contributed by atoms with Crippen molar-refractivity contribution in [1.82, 2.24) is 5.32 Å². The fourth-order valence-corrected chi connectivity index (χ4v) is 2.85. The number of hydrogen-bond acceptors (Lipinski definition) is 2. The molecule has 1 aromatic carbocycles. The zero-order valence-corrected chi connectivity index (χ0v) is 10.4. The molecular formula is C11H14INO. The summed E-state index contributed by atoms with van der Waals surface area (Å²) in [5, 5.41) is 13.1. The standard InChI is InChI=1S/C11H14INO/c1-13-6-9-8-4-2-3-7(8)5-10(12)11(9)14/h5,13-14H,2-4,6H2,1H3. The lowest BCUT2D eigenvalue weighted by Crippen LogP contribution is -2.08. The quantitative estimate of drug-likeness (QED) is 0.821. The average Bonchev–Trinajstić information content (AvgIpc) is 2.60. The Kier molecular flexibility index (Phi) is 2.97. The number of rotatable bonds is 2. The van der Waals surface area contributed by atoms with Crippen molar-refractivity contribution in [3.8, 4) is 5.75 Å². The van der Waals surface area contributed by atoms with Crippen LogP contribution in [0.1, 0.15) is 23.1 Å². The second kappa shape index (κ2) is 4.06. The maximum atomic E-state index is 9.95. The molecular weight excluding hydrogens is 289 g/mol. The number of benzene rings is 1. The largest absolute Gasteiger partial charge is 0.506 e. The summed E-state index contributed by atoms with van der Waals surface area (Å²) >= 11 is 2.21. The van der Waals surface area contributed by atoms with Crippen LogP contribution in [0.4, 0.5) is 0 Å². The molecule has 0 fully saturated rings. The molecule has 0 atom stereocenters. The molecule has 2 rings (SSSR count). The normalized spacial score (nSPS) is 14.4. The fraction of sp³-hybridized carbons (Fsp3) is 0.455. The molecule has 0 bridgehead atoms. The number of aromatic hydroxyl groups is 1. The molecule has 0 saturated carbocycles. The smallest absolute Gasteiger partial charge is 0.133 e. The molecule has 0 radical (unpaired) electrons. The third-order valence-electron chi connectivity index (χ3n) is 2.79. The van der Waals surface area contributed by atoms with Gasteiger partial charge < -0.3 is 10.4 Å². The molecule has 0 unspecified atom stereocenters. The highest BCUT2D eigenvalue weighted by Gasteiger charge is 2.19. The fourth-order valence-electron chi connectivity index (χ4n) is 2.15. The van der Waals surface area contributed by atoms with E-state index in [-0.39, 0.29) is 0 Å². The zero-order chi connectivity index (χ0) is 10.1. The number of fused-ring (bicyclic) bond motifs is 1. The summed E-state index contributed by atoms with van der Waals surface area (Å²) in [5.41, 5.74) is 3.90. The van der Waals surface area contributed by atoms with Gasteiger partial charge in [0.2, 0.25) is 0 Å². The van der Waals surface area contributed by atoms with Crippen LogP contribution in [-0.2, 0) is 19.4 Å². The second-order valence-electron chi connectivity index (χ2n) is 3.71. The van der Waals surface area contributed by atoms with Crippen LogP contribution in [0.25, 0.3) is 0 Å². The Balaban J connectivity index is 2.54. The van der Waals surface area contributed by atoms with Gasteiger partial charge in [0.1, 0.15) is 5.75 Å². The summed E-state index contributed by atoms with van der Waals surface area (Å²) in [5.74, 6) is 0.473. The lowest BCUT2D eigenvalue weighted by Gasteiger charge is -2.12. The number of phenols is 1. The summed E-state index contributed by atoms with van der Waals surface area (Å²) in [4.78, 5) is 0. The summed E-state index contributed by atoms with van der Waals surface area (Å²) in [6, 6.07) is 2.12. The SMILES string of the molecule is CNCc1c(O)c(I)cc2c1CCC2. The van der Waals surface area contributed by atoms with Gasteiger partial charge in [-0.3, -0.25) is 0 Å². The van der Waals surface area contributed by atoms with E-state index in [1.807, 2.05) is 7.05 Å². The Morgan fingerprint density at radius 1 is 1.50 bits per heavy atom. The van der Waals surface area contributed by atoms with E-state index in [1.54, 1.807) is 0 Å². The average molecular weight is 303 g/mol. The van der Waals surface area contributed by atoms with Gasteiger partial charge >= 0.3 is 0 Å². The third-order valence-corrected chi connectivity index (χ3v) is 3.61. The van der Waals surface area contributed by atoms with Crippen molar-refractivity contribution < 1.29 is 5.11 Å². The van der Waals surface area contributed by atoms with Crippen LogP contribution in [0.15, 0.2) is 6.07 Å². The Bertz CT molecular complexity index is 363. The predicted molar refractivity (Wildman–Crippen MR) is 65.6 cm³/mol. The van der Waals surface area contributed by atoms with E-state index >= 15 is 0 Å². The van der Waals surface area contributed by atoms with Gasteiger partial charge in [-0.15, -0.1) is 0 Å². The second-order valence-corrected chi connectivity index (χ2v) is 4.87. The monoisotopic (exact) mass is 303 g/mol. The van der Waals surface area contributed by atoms with Crippen molar-refractivity contribution >= 4 is 22.6 Å². The molecule has 2 N–H and O–H groups in total. The first-order valence-corrected chi connectivity index (χ1v) is 5.98. The molecule has 0 aliphatic heterocycles. The highest BCUT2D eigenvalue weighted by molar-refractivity contribution is 14.1. The van der Waals surface area contributed by atoms with Gasteiger partial charge in [0.25, 0.3) is 0 Å². The first-order valence-electron chi connectivity index (χ1n) is 4.90. The molecule has 1 aliphatic carbocycles. The molecule has 2 nitrogen and oxygen atoms in total. The molecule has 14 heavy (non-hydrogen) atoms. The molecule has 1 aromatic rings. The first kappa shape index (κ1) is 10.2. The van der Waals surface area contributed by atoms with E-state index in [0.717, 1.165) is 22.1 Å². The number of hydrogen-bond donors (Lipinski definition) is 2. The van der Waals surface area contributed by atoms with Gasteiger partial charge in [-0.2, -0.15) is 0 Å². The first-order chi connectivity index (χ1) is 6.74. The number of nitrogens with one attached hydrogen (secondary N) is 1. The van der Waals surface area contributed by atoms with Gasteiger partial charge in [0.05, 0.1) is 3.57 Å². The minimum atomic E-state index is 0.473. The van der Waals surface area contributed by atoms with Crippen LogP contribution < -0.4 is 5.32 Å². The van der Waals surface area contributed by atoms with Crippen LogP contribution in [-0.4, -0.2) is 12.2 Å². The number of halogens is 1. The predicted octanol–water partition coefficient (Wildman–Crippen LogP) is 2.20. The summed E-state index contributed by atoms with van der Waals surface area (Å²) < 4.78 is 0.980. The molecule has 76 valence electrons. The maximum Gasteiger partial charge on any atom is 0.133 e. The molecule has 3 heteroatoms. The molecule has 0 aromatic heterocycles. The van der Waals surface area contributed by atoms with E-state index in [2.05, 4.69) is 34.0 Å². The van der Waals surface area contributed by atoms with Gasteiger partial charge in [-0.1, -0.05) is 0 Å². The Hall–Kier alpha value is -0.290. The van der Waals surface area contributed by atoms with Crippen molar-refractivity contribution in [3.05, 3.63) is 26.3 Å². The van der Waals surface area contributed by atoms with Gasteiger partial charge in [0.15, 0.2) is 0 Å². The van der Waals surface area contributed by atoms with Crippen LogP contribution in [0.2, 0.25) is 0 Å².